The van der Waals surface area contributed by atoms with Crippen molar-refractivity contribution in [2.24, 2.45) is 5.73 Å². The molecule has 106 valence electrons. The van der Waals surface area contributed by atoms with Gasteiger partial charge in [0.2, 0.25) is 5.91 Å². The van der Waals surface area contributed by atoms with Crippen LogP contribution < -0.4 is 11.1 Å². The predicted octanol–water partition coefficient (Wildman–Crippen LogP) is 1.40. The Balaban J connectivity index is 2.17. The van der Waals surface area contributed by atoms with Gasteiger partial charge in [-0.3, -0.25) is 4.79 Å². The van der Waals surface area contributed by atoms with Crippen LogP contribution in [-0.4, -0.2) is 28.0 Å². The van der Waals surface area contributed by atoms with E-state index in [0.29, 0.717) is 6.54 Å². The first-order valence-electron chi connectivity index (χ1n) is 6.81. The lowest BCUT2D eigenvalue weighted by Gasteiger charge is -2.17. The Labute approximate surface area is 118 Å². The van der Waals surface area contributed by atoms with E-state index in [1.807, 2.05) is 41.1 Å². The molecule has 0 spiro atoms. The van der Waals surface area contributed by atoms with E-state index in [-0.39, 0.29) is 11.9 Å². The number of nitrogens with zero attached hydrogens (tertiary/aromatic N) is 2. The fourth-order valence-corrected chi connectivity index (χ4v) is 2.07. The molecule has 0 radical (unpaired) electrons. The summed E-state index contributed by atoms with van der Waals surface area (Å²) in [4.78, 5) is 15.9. The number of imidazole rings is 1. The first-order valence-corrected chi connectivity index (χ1v) is 6.81. The number of benzene rings is 1. The minimum absolute atomic E-state index is 0.342. The number of amides is 1. The largest absolute Gasteiger partial charge is 0.368 e. The van der Waals surface area contributed by atoms with Crippen molar-refractivity contribution >= 4 is 5.91 Å². The molecule has 2 aromatic rings. The second-order valence-corrected chi connectivity index (χ2v) is 4.68. The smallest absolute Gasteiger partial charge is 0.236 e. The van der Waals surface area contributed by atoms with Crippen molar-refractivity contribution in [1.29, 1.82) is 0 Å². The quantitative estimate of drug-likeness (QED) is 0.800. The van der Waals surface area contributed by atoms with Crippen LogP contribution in [0.1, 0.15) is 13.3 Å². The molecular formula is C15H20N4O. The Hall–Kier alpha value is -2.14. The first-order chi connectivity index (χ1) is 9.72. The van der Waals surface area contributed by atoms with E-state index >= 15 is 0 Å². The molecular weight excluding hydrogens is 252 g/mol. The Morgan fingerprint density at radius 2 is 2.15 bits per heavy atom. The average molecular weight is 272 g/mol. The van der Waals surface area contributed by atoms with E-state index in [4.69, 9.17) is 5.73 Å². The zero-order valence-electron chi connectivity index (χ0n) is 11.6. The first kappa shape index (κ1) is 14.3. The van der Waals surface area contributed by atoms with Crippen molar-refractivity contribution in [3.8, 4) is 11.4 Å². The van der Waals surface area contributed by atoms with Crippen LogP contribution in [0.3, 0.4) is 0 Å². The molecule has 1 amide bonds. The molecule has 0 aliphatic carbocycles. The van der Waals surface area contributed by atoms with Gasteiger partial charge in [-0.05, 0) is 13.0 Å². The molecule has 5 heteroatoms. The lowest BCUT2D eigenvalue weighted by molar-refractivity contribution is -0.120. The summed E-state index contributed by atoms with van der Waals surface area (Å²) < 4.78 is 1.95. The van der Waals surface area contributed by atoms with E-state index in [1.54, 1.807) is 6.20 Å². The highest BCUT2D eigenvalue weighted by molar-refractivity contribution is 5.79. The monoisotopic (exact) mass is 272 g/mol. The molecule has 0 saturated heterocycles. The van der Waals surface area contributed by atoms with Gasteiger partial charge in [0.05, 0.1) is 0 Å². The fourth-order valence-electron chi connectivity index (χ4n) is 2.07. The van der Waals surface area contributed by atoms with Gasteiger partial charge < -0.3 is 15.6 Å². The minimum atomic E-state index is -0.383. The number of aromatic nitrogens is 2. The van der Waals surface area contributed by atoms with Crippen molar-refractivity contribution < 1.29 is 4.79 Å². The van der Waals surface area contributed by atoms with Gasteiger partial charge in [-0.15, -0.1) is 0 Å². The van der Waals surface area contributed by atoms with Crippen molar-refractivity contribution in [3.63, 3.8) is 0 Å². The van der Waals surface area contributed by atoms with E-state index in [1.165, 1.54) is 0 Å². The summed E-state index contributed by atoms with van der Waals surface area (Å²) in [6.45, 7) is 3.31. The number of nitrogens with two attached hydrogens (primary N) is 1. The third kappa shape index (κ3) is 3.45. The van der Waals surface area contributed by atoms with Gasteiger partial charge in [0, 0.05) is 24.5 Å². The Kier molecular flexibility index (Phi) is 4.90. The zero-order chi connectivity index (χ0) is 14.4. The highest BCUT2D eigenvalue weighted by atomic mass is 16.1. The van der Waals surface area contributed by atoms with Crippen LogP contribution in [0.25, 0.3) is 11.4 Å². The highest BCUT2D eigenvalue weighted by Crippen LogP contribution is 2.16. The van der Waals surface area contributed by atoms with Gasteiger partial charge in [-0.25, -0.2) is 4.98 Å². The molecule has 2 rings (SSSR count). The molecule has 1 atom stereocenters. The van der Waals surface area contributed by atoms with Gasteiger partial charge in [-0.2, -0.15) is 0 Å². The van der Waals surface area contributed by atoms with Gasteiger partial charge in [0.15, 0.2) is 0 Å². The number of nitrogens with one attached hydrogen (secondary N) is 1. The van der Waals surface area contributed by atoms with Crippen molar-refractivity contribution in [1.82, 2.24) is 14.9 Å². The second kappa shape index (κ2) is 6.86. The van der Waals surface area contributed by atoms with Gasteiger partial charge >= 0.3 is 0 Å². The molecule has 0 saturated carbocycles. The SMILES string of the molecule is CCCNC(Cn1ccnc1-c1ccccc1)C(N)=O. The van der Waals surface area contributed by atoms with Crippen LogP contribution in [0.4, 0.5) is 0 Å². The van der Waals surface area contributed by atoms with Crippen LogP contribution in [0.5, 0.6) is 0 Å². The molecule has 0 fully saturated rings. The number of rotatable bonds is 7. The van der Waals surface area contributed by atoms with Gasteiger partial charge in [0.1, 0.15) is 11.9 Å². The lowest BCUT2D eigenvalue weighted by atomic mass is 10.2. The van der Waals surface area contributed by atoms with E-state index in [0.717, 1.165) is 24.4 Å². The molecule has 0 bridgehead atoms. The van der Waals surface area contributed by atoms with Crippen molar-refractivity contribution in [2.75, 3.05) is 6.54 Å². The molecule has 20 heavy (non-hydrogen) atoms. The summed E-state index contributed by atoms with van der Waals surface area (Å²) in [6.07, 6.45) is 4.56. The van der Waals surface area contributed by atoms with Gasteiger partial charge in [-0.1, -0.05) is 37.3 Å². The maximum Gasteiger partial charge on any atom is 0.236 e. The number of carbonyl (C=O) groups is 1. The molecule has 3 N–H and O–H groups in total. The zero-order valence-corrected chi connectivity index (χ0v) is 11.6. The predicted molar refractivity (Wildman–Crippen MR) is 78.9 cm³/mol. The van der Waals surface area contributed by atoms with Crippen LogP contribution in [-0.2, 0) is 11.3 Å². The maximum absolute atomic E-state index is 11.5. The Bertz CT molecular complexity index is 550. The topological polar surface area (TPSA) is 72.9 Å². The molecule has 0 aliphatic rings. The fraction of sp³-hybridized carbons (Fsp3) is 0.333. The van der Waals surface area contributed by atoms with E-state index in [9.17, 15) is 4.79 Å². The van der Waals surface area contributed by atoms with Crippen molar-refractivity contribution in [2.45, 2.75) is 25.9 Å². The van der Waals surface area contributed by atoms with Crippen molar-refractivity contribution in [3.05, 3.63) is 42.7 Å². The van der Waals surface area contributed by atoms with Crippen LogP contribution in [0, 0.1) is 0 Å². The number of carbonyl (C=O) groups excluding carboxylic acids is 1. The summed E-state index contributed by atoms with van der Waals surface area (Å²) in [7, 11) is 0. The molecule has 5 nitrogen and oxygen atoms in total. The lowest BCUT2D eigenvalue weighted by Crippen LogP contribution is -2.44. The molecule has 1 heterocycles. The summed E-state index contributed by atoms with van der Waals surface area (Å²) in [6, 6.07) is 9.51. The Morgan fingerprint density at radius 3 is 2.80 bits per heavy atom. The summed E-state index contributed by atoms with van der Waals surface area (Å²) in [5.41, 5.74) is 6.47. The van der Waals surface area contributed by atoms with Crippen LogP contribution >= 0.6 is 0 Å². The van der Waals surface area contributed by atoms with Crippen LogP contribution in [0.15, 0.2) is 42.7 Å². The highest BCUT2D eigenvalue weighted by Gasteiger charge is 2.16. The minimum Gasteiger partial charge on any atom is -0.368 e. The third-order valence-electron chi connectivity index (χ3n) is 3.11. The molecule has 0 aliphatic heterocycles. The summed E-state index contributed by atoms with van der Waals surface area (Å²) >= 11 is 0. The standard InChI is InChI=1S/C15H20N4O/c1-2-8-17-13(14(16)20)11-19-10-9-18-15(19)12-6-4-3-5-7-12/h3-7,9-10,13,17H,2,8,11H2,1H3,(H2,16,20). The molecule has 1 aromatic carbocycles. The Morgan fingerprint density at radius 1 is 1.40 bits per heavy atom. The van der Waals surface area contributed by atoms with E-state index < -0.39 is 0 Å². The summed E-state index contributed by atoms with van der Waals surface area (Å²) in [5, 5.41) is 3.16. The van der Waals surface area contributed by atoms with Crippen LogP contribution in [0.2, 0.25) is 0 Å². The second-order valence-electron chi connectivity index (χ2n) is 4.68. The van der Waals surface area contributed by atoms with Gasteiger partial charge in [0.25, 0.3) is 0 Å². The third-order valence-corrected chi connectivity index (χ3v) is 3.11. The molecule has 1 unspecified atom stereocenters. The molecule has 1 aromatic heterocycles. The number of hydrogen-bond acceptors (Lipinski definition) is 3. The number of hydrogen-bond donors (Lipinski definition) is 2. The average Bonchev–Trinajstić information content (AvgIpc) is 2.92. The maximum atomic E-state index is 11.5. The number of primary amides is 1. The van der Waals surface area contributed by atoms with E-state index in [2.05, 4.69) is 17.2 Å². The summed E-state index contributed by atoms with van der Waals surface area (Å²) in [5.74, 6) is 0.501. The normalized spacial score (nSPS) is 12.2.